The number of rotatable bonds is 7. The highest BCUT2D eigenvalue weighted by atomic mass is 127. The van der Waals surface area contributed by atoms with E-state index in [4.69, 9.17) is 4.74 Å². The Balaban J connectivity index is 0.00000364. The number of halogens is 1. The monoisotopic (exact) mass is 490 g/mol. The van der Waals surface area contributed by atoms with Gasteiger partial charge in [0.2, 0.25) is 0 Å². The molecule has 1 aliphatic rings. The summed E-state index contributed by atoms with van der Waals surface area (Å²) in [6.07, 6.45) is 1.84. The average Bonchev–Trinajstić information content (AvgIpc) is 2.65. The summed E-state index contributed by atoms with van der Waals surface area (Å²) in [6, 6.07) is 4.58. The standard InChI is InChI=1S/C19H34N6O.HI/c1-15(2)17(25-8-10-26-11-9-25)14-23-19(20-3)22-13-16-6-7-21-18(12-16)24(4)5;/h6-7,12,15,17H,8-11,13-14H2,1-5H3,(H2,20,22,23);1H. The lowest BCUT2D eigenvalue weighted by atomic mass is 10.0. The second-order valence-electron chi connectivity index (χ2n) is 7.18. The van der Waals surface area contributed by atoms with Crippen molar-refractivity contribution in [1.82, 2.24) is 20.5 Å². The summed E-state index contributed by atoms with van der Waals surface area (Å²) < 4.78 is 5.48. The highest BCUT2D eigenvalue weighted by Gasteiger charge is 2.23. The molecule has 1 unspecified atom stereocenters. The van der Waals surface area contributed by atoms with Gasteiger partial charge in [-0.3, -0.25) is 9.89 Å². The highest BCUT2D eigenvalue weighted by Crippen LogP contribution is 2.12. The van der Waals surface area contributed by atoms with Gasteiger partial charge in [-0.25, -0.2) is 4.98 Å². The van der Waals surface area contributed by atoms with Crippen LogP contribution in [-0.2, 0) is 11.3 Å². The van der Waals surface area contributed by atoms with Crippen molar-refractivity contribution in [2.45, 2.75) is 26.4 Å². The van der Waals surface area contributed by atoms with Crippen molar-refractivity contribution < 1.29 is 4.74 Å². The molecule has 2 heterocycles. The molecule has 0 bridgehead atoms. The van der Waals surface area contributed by atoms with Crippen LogP contribution in [0, 0.1) is 5.92 Å². The zero-order valence-corrected chi connectivity index (χ0v) is 19.6. The van der Waals surface area contributed by atoms with Gasteiger partial charge in [-0.05, 0) is 23.6 Å². The maximum Gasteiger partial charge on any atom is 0.191 e. The van der Waals surface area contributed by atoms with Crippen molar-refractivity contribution in [2.75, 3.05) is 58.9 Å². The van der Waals surface area contributed by atoms with E-state index in [1.54, 1.807) is 0 Å². The van der Waals surface area contributed by atoms with E-state index in [1.807, 2.05) is 38.3 Å². The number of pyridine rings is 1. The summed E-state index contributed by atoms with van der Waals surface area (Å²) in [6.45, 7) is 9.79. The first-order valence-corrected chi connectivity index (χ1v) is 9.39. The summed E-state index contributed by atoms with van der Waals surface area (Å²) >= 11 is 0. The van der Waals surface area contributed by atoms with E-state index in [1.165, 1.54) is 5.56 Å². The molecule has 0 spiro atoms. The van der Waals surface area contributed by atoms with E-state index in [0.717, 1.165) is 44.6 Å². The Hall–Kier alpha value is -1.13. The number of nitrogens with zero attached hydrogens (tertiary/aromatic N) is 4. The van der Waals surface area contributed by atoms with E-state index in [0.29, 0.717) is 18.5 Å². The predicted molar refractivity (Wildman–Crippen MR) is 123 cm³/mol. The molecule has 1 saturated heterocycles. The SMILES string of the molecule is CN=C(NCc1ccnc(N(C)C)c1)NCC(C(C)C)N1CCOCC1.I. The zero-order chi connectivity index (χ0) is 18.9. The first-order chi connectivity index (χ1) is 12.5. The lowest BCUT2D eigenvalue weighted by Crippen LogP contribution is -2.52. The van der Waals surface area contributed by atoms with Crippen molar-refractivity contribution in [3.8, 4) is 0 Å². The summed E-state index contributed by atoms with van der Waals surface area (Å²) in [5, 5.41) is 6.88. The van der Waals surface area contributed by atoms with Crippen LogP contribution < -0.4 is 15.5 Å². The van der Waals surface area contributed by atoms with E-state index >= 15 is 0 Å². The molecule has 0 amide bonds. The molecule has 0 aromatic carbocycles. The molecule has 8 heteroatoms. The summed E-state index contributed by atoms with van der Waals surface area (Å²) in [5.74, 6) is 2.35. The number of guanidine groups is 1. The first-order valence-electron chi connectivity index (χ1n) is 9.39. The van der Waals surface area contributed by atoms with Gasteiger partial charge in [-0.1, -0.05) is 13.8 Å². The minimum atomic E-state index is 0. The maximum absolute atomic E-state index is 5.48. The van der Waals surface area contributed by atoms with Crippen LogP contribution >= 0.6 is 24.0 Å². The fourth-order valence-electron chi connectivity index (χ4n) is 3.12. The third-order valence-corrected chi connectivity index (χ3v) is 4.71. The maximum atomic E-state index is 5.48. The van der Waals surface area contributed by atoms with Gasteiger partial charge >= 0.3 is 0 Å². The summed E-state index contributed by atoms with van der Waals surface area (Å²) in [7, 11) is 5.81. The predicted octanol–water partition coefficient (Wildman–Crippen LogP) is 1.79. The van der Waals surface area contributed by atoms with E-state index in [9.17, 15) is 0 Å². The van der Waals surface area contributed by atoms with Crippen molar-refractivity contribution in [1.29, 1.82) is 0 Å². The molecular weight excluding hydrogens is 455 g/mol. The Labute approximate surface area is 181 Å². The zero-order valence-electron chi connectivity index (χ0n) is 17.2. The van der Waals surface area contributed by atoms with Crippen LogP contribution in [-0.4, -0.2) is 75.9 Å². The molecule has 1 atom stereocenters. The van der Waals surface area contributed by atoms with Crippen molar-refractivity contribution in [3.05, 3.63) is 23.9 Å². The molecule has 7 nitrogen and oxygen atoms in total. The number of hydrogen-bond acceptors (Lipinski definition) is 5. The number of nitrogens with one attached hydrogen (secondary N) is 2. The quantitative estimate of drug-likeness (QED) is 0.345. The van der Waals surface area contributed by atoms with Gasteiger partial charge in [0, 0.05) is 59.6 Å². The second-order valence-corrected chi connectivity index (χ2v) is 7.18. The van der Waals surface area contributed by atoms with Gasteiger partial charge in [0.25, 0.3) is 0 Å². The number of aromatic nitrogens is 1. The average molecular weight is 490 g/mol. The van der Waals surface area contributed by atoms with Crippen molar-refractivity contribution >= 4 is 35.8 Å². The molecule has 0 aliphatic carbocycles. The highest BCUT2D eigenvalue weighted by molar-refractivity contribution is 14.0. The topological polar surface area (TPSA) is 65.0 Å². The molecule has 1 aromatic rings. The van der Waals surface area contributed by atoms with Crippen LogP contribution in [0.4, 0.5) is 5.82 Å². The Morgan fingerprint density at radius 2 is 2.00 bits per heavy atom. The van der Waals surface area contributed by atoms with Crippen LogP contribution in [0.5, 0.6) is 0 Å². The fourth-order valence-corrected chi connectivity index (χ4v) is 3.12. The largest absolute Gasteiger partial charge is 0.379 e. The molecule has 154 valence electrons. The van der Waals surface area contributed by atoms with Gasteiger partial charge in [0.15, 0.2) is 5.96 Å². The fraction of sp³-hybridized carbons (Fsp3) is 0.684. The van der Waals surface area contributed by atoms with Gasteiger partial charge in [-0.2, -0.15) is 0 Å². The third-order valence-electron chi connectivity index (χ3n) is 4.71. The lowest BCUT2D eigenvalue weighted by Gasteiger charge is -2.37. The number of anilines is 1. The third kappa shape index (κ3) is 7.79. The Bertz CT molecular complexity index is 575. The molecule has 1 fully saturated rings. The molecular formula is C19H35IN6O. The molecule has 1 aromatic heterocycles. The van der Waals surface area contributed by atoms with Crippen LogP contribution in [0.1, 0.15) is 19.4 Å². The number of hydrogen-bond donors (Lipinski definition) is 2. The van der Waals surface area contributed by atoms with E-state index in [-0.39, 0.29) is 24.0 Å². The molecule has 0 radical (unpaired) electrons. The van der Waals surface area contributed by atoms with Gasteiger partial charge in [-0.15, -0.1) is 24.0 Å². The smallest absolute Gasteiger partial charge is 0.191 e. The summed E-state index contributed by atoms with van der Waals surface area (Å²) in [5.41, 5.74) is 1.18. The molecule has 2 rings (SSSR count). The van der Waals surface area contributed by atoms with Gasteiger partial charge in [0.05, 0.1) is 13.2 Å². The Morgan fingerprint density at radius 1 is 1.30 bits per heavy atom. The normalized spacial score (nSPS) is 16.6. The Morgan fingerprint density at radius 3 is 2.59 bits per heavy atom. The first kappa shape index (κ1) is 23.9. The lowest BCUT2D eigenvalue weighted by molar-refractivity contribution is 0.00752. The molecule has 27 heavy (non-hydrogen) atoms. The summed E-state index contributed by atoms with van der Waals surface area (Å²) in [4.78, 5) is 13.2. The molecule has 1 aliphatic heterocycles. The van der Waals surface area contributed by atoms with Crippen LogP contribution in [0.2, 0.25) is 0 Å². The van der Waals surface area contributed by atoms with Crippen LogP contribution in [0.3, 0.4) is 0 Å². The Kier molecular flexibility index (Phi) is 10.9. The number of morpholine rings is 1. The van der Waals surface area contributed by atoms with Crippen LogP contribution in [0.15, 0.2) is 23.3 Å². The second kappa shape index (κ2) is 12.4. The molecule has 2 N–H and O–H groups in total. The number of ether oxygens (including phenoxy) is 1. The minimum Gasteiger partial charge on any atom is -0.379 e. The van der Waals surface area contributed by atoms with E-state index < -0.39 is 0 Å². The van der Waals surface area contributed by atoms with Gasteiger partial charge < -0.3 is 20.3 Å². The minimum absolute atomic E-state index is 0. The van der Waals surface area contributed by atoms with E-state index in [2.05, 4.69) is 45.4 Å². The number of aliphatic imine (C=N–C) groups is 1. The molecule has 0 saturated carbocycles. The van der Waals surface area contributed by atoms with Crippen LogP contribution in [0.25, 0.3) is 0 Å². The van der Waals surface area contributed by atoms with Gasteiger partial charge in [0.1, 0.15) is 5.82 Å². The van der Waals surface area contributed by atoms with Crippen molar-refractivity contribution in [2.24, 2.45) is 10.9 Å². The van der Waals surface area contributed by atoms with Crippen molar-refractivity contribution in [3.63, 3.8) is 0 Å².